The largest absolute Gasteiger partial charge is 0.351 e. The maximum Gasteiger partial charge on any atom is 0.233 e. The van der Waals surface area contributed by atoms with E-state index in [1.165, 1.54) is 17.3 Å². The topological polar surface area (TPSA) is 59.8 Å². The zero-order valence-electron chi connectivity index (χ0n) is 11.8. The summed E-state index contributed by atoms with van der Waals surface area (Å²) in [4.78, 5) is 12.0. The SMILES string of the molecule is Cc1ccc(CNC(=O)[C@H](C)Sc2nncn2C)cc1. The fourth-order valence-electron chi connectivity index (χ4n) is 1.63. The van der Waals surface area contributed by atoms with E-state index in [0.29, 0.717) is 6.54 Å². The molecule has 0 radical (unpaired) electrons. The molecule has 1 aromatic carbocycles. The predicted octanol–water partition coefficient (Wildman–Crippen LogP) is 1.92. The second kappa shape index (κ2) is 6.56. The van der Waals surface area contributed by atoms with Crippen molar-refractivity contribution in [3.63, 3.8) is 0 Å². The van der Waals surface area contributed by atoms with Crippen LogP contribution in [-0.4, -0.2) is 25.9 Å². The lowest BCUT2D eigenvalue weighted by Gasteiger charge is -2.11. The van der Waals surface area contributed by atoms with Crippen molar-refractivity contribution in [2.75, 3.05) is 0 Å². The van der Waals surface area contributed by atoms with Crippen molar-refractivity contribution in [1.29, 1.82) is 0 Å². The number of thioether (sulfide) groups is 1. The average molecular weight is 290 g/mol. The quantitative estimate of drug-likeness (QED) is 0.855. The maximum atomic E-state index is 12.0. The smallest absolute Gasteiger partial charge is 0.233 e. The lowest BCUT2D eigenvalue weighted by molar-refractivity contribution is -0.120. The van der Waals surface area contributed by atoms with E-state index in [1.807, 2.05) is 45.2 Å². The predicted molar refractivity (Wildman–Crippen MR) is 79.3 cm³/mol. The van der Waals surface area contributed by atoms with Crippen molar-refractivity contribution in [2.45, 2.75) is 30.8 Å². The Morgan fingerprint density at radius 3 is 2.70 bits per heavy atom. The van der Waals surface area contributed by atoms with Crippen molar-refractivity contribution in [1.82, 2.24) is 20.1 Å². The molecule has 1 aromatic heterocycles. The molecule has 1 amide bonds. The molecule has 0 spiro atoms. The highest BCUT2D eigenvalue weighted by Gasteiger charge is 2.16. The Bertz CT molecular complexity index is 579. The Labute approximate surface area is 122 Å². The summed E-state index contributed by atoms with van der Waals surface area (Å²) in [7, 11) is 1.86. The number of hydrogen-bond donors (Lipinski definition) is 1. The molecular formula is C14H18N4OS. The van der Waals surface area contributed by atoms with Gasteiger partial charge in [0.2, 0.25) is 5.91 Å². The maximum absolute atomic E-state index is 12.0. The molecule has 1 N–H and O–H groups in total. The third kappa shape index (κ3) is 3.84. The fraction of sp³-hybridized carbons (Fsp3) is 0.357. The number of nitrogens with one attached hydrogen (secondary N) is 1. The molecule has 2 rings (SSSR count). The van der Waals surface area contributed by atoms with E-state index in [-0.39, 0.29) is 11.2 Å². The van der Waals surface area contributed by atoms with Crippen LogP contribution in [0.2, 0.25) is 0 Å². The summed E-state index contributed by atoms with van der Waals surface area (Å²) < 4.78 is 1.80. The average Bonchev–Trinajstić information content (AvgIpc) is 2.83. The molecule has 0 aliphatic rings. The van der Waals surface area contributed by atoms with E-state index >= 15 is 0 Å². The third-order valence-electron chi connectivity index (χ3n) is 2.91. The van der Waals surface area contributed by atoms with Crippen LogP contribution in [0.3, 0.4) is 0 Å². The number of aromatic nitrogens is 3. The highest BCUT2D eigenvalue weighted by atomic mass is 32.2. The van der Waals surface area contributed by atoms with Crippen LogP contribution in [0, 0.1) is 6.92 Å². The lowest BCUT2D eigenvalue weighted by atomic mass is 10.1. The Hall–Kier alpha value is -1.82. The molecule has 5 nitrogen and oxygen atoms in total. The Morgan fingerprint density at radius 1 is 1.40 bits per heavy atom. The van der Waals surface area contributed by atoms with E-state index in [0.717, 1.165) is 10.7 Å². The van der Waals surface area contributed by atoms with E-state index in [4.69, 9.17) is 0 Å². The van der Waals surface area contributed by atoms with Gasteiger partial charge in [0.15, 0.2) is 5.16 Å². The summed E-state index contributed by atoms with van der Waals surface area (Å²) in [6.07, 6.45) is 1.62. The molecular weight excluding hydrogens is 272 g/mol. The first-order valence-electron chi connectivity index (χ1n) is 6.40. The lowest BCUT2D eigenvalue weighted by Crippen LogP contribution is -2.30. The van der Waals surface area contributed by atoms with Gasteiger partial charge in [0.25, 0.3) is 0 Å². The van der Waals surface area contributed by atoms with Crippen molar-refractivity contribution in [3.05, 3.63) is 41.7 Å². The number of rotatable bonds is 5. The van der Waals surface area contributed by atoms with Crippen molar-refractivity contribution >= 4 is 17.7 Å². The van der Waals surface area contributed by atoms with Gasteiger partial charge < -0.3 is 9.88 Å². The summed E-state index contributed by atoms with van der Waals surface area (Å²) in [5, 5.41) is 11.2. The summed E-state index contributed by atoms with van der Waals surface area (Å²) in [5.41, 5.74) is 2.31. The van der Waals surface area contributed by atoms with E-state index < -0.39 is 0 Å². The fourth-order valence-corrected chi connectivity index (χ4v) is 2.44. The van der Waals surface area contributed by atoms with Crippen LogP contribution in [0.15, 0.2) is 35.7 Å². The van der Waals surface area contributed by atoms with Crippen molar-refractivity contribution in [2.24, 2.45) is 7.05 Å². The molecule has 0 fully saturated rings. The number of carbonyl (C=O) groups excluding carboxylic acids is 1. The number of hydrogen-bond acceptors (Lipinski definition) is 4. The van der Waals surface area contributed by atoms with Gasteiger partial charge in [-0.25, -0.2) is 0 Å². The zero-order valence-corrected chi connectivity index (χ0v) is 12.6. The van der Waals surface area contributed by atoms with Crippen LogP contribution in [0.1, 0.15) is 18.1 Å². The monoisotopic (exact) mass is 290 g/mol. The molecule has 106 valence electrons. The number of benzene rings is 1. The van der Waals surface area contributed by atoms with E-state index in [2.05, 4.69) is 15.5 Å². The van der Waals surface area contributed by atoms with Crippen LogP contribution in [0.5, 0.6) is 0 Å². The molecule has 0 aliphatic heterocycles. The van der Waals surface area contributed by atoms with Crippen LogP contribution < -0.4 is 5.32 Å². The van der Waals surface area contributed by atoms with Crippen molar-refractivity contribution in [3.8, 4) is 0 Å². The van der Waals surface area contributed by atoms with E-state index in [9.17, 15) is 4.79 Å². The van der Waals surface area contributed by atoms with Gasteiger partial charge in [-0.2, -0.15) is 0 Å². The minimum Gasteiger partial charge on any atom is -0.351 e. The first-order chi connectivity index (χ1) is 9.56. The number of amides is 1. The molecule has 0 unspecified atom stereocenters. The number of aryl methyl sites for hydroxylation is 2. The summed E-state index contributed by atoms with van der Waals surface area (Å²) in [6.45, 7) is 4.45. The summed E-state index contributed by atoms with van der Waals surface area (Å²) in [6, 6.07) is 8.13. The highest BCUT2D eigenvalue weighted by Crippen LogP contribution is 2.19. The normalized spacial score (nSPS) is 12.2. The van der Waals surface area contributed by atoms with Gasteiger partial charge in [0, 0.05) is 13.6 Å². The Balaban J connectivity index is 1.85. The van der Waals surface area contributed by atoms with Gasteiger partial charge in [-0.15, -0.1) is 10.2 Å². The second-order valence-electron chi connectivity index (χ2n) is 4.69. The minimum atomic E-state index is -0.205. The van der Waals surface area contributed by atoms with E-state index in [1.54, 1.807) is 10.9 Å². The number of carbonyl (C=O) groups is 1. The molecule has 1 atom stereocenters. The molecule has 2 aromatic rings. The molecule has 20 heavy (non-hydrogen) atoms. The van der Waals surface area contributed by atoms with Gasteiger partial charge in [-0.1, -0.05) is 41.6 Å². The molecule has 0 saturated heterocycles. The van der Waals surface area contributed by atoms with Gasteiger partial charge in [0.1, 0.15) is 6.33 Å². The van der Waals surface area contributed by atoms with Gasteiger partial charge in [0.05, 0.1) is 5.25 Å². The molecule has 1 heterocycles. The molecule has 6 heteroatoms. The second-order valence-corrected chi connectivity index (χ2v) is 6.00. The van der Waals surface area contributed by atoms with Crippen molar-refractivity contribution < 1.29 is 4.79 Å². The third-order valence-corrected chi connectivity index (χ3v) is 4.06. The van der Waals surface area contributed by atoms with Gasteiger partial charge in [-0.3, -0.25) is 4.79 Å². The highest BCUT2D eigenvalue weighted by molar-refractivity contribution is 8.00. The standard InChI is InChI=1S/C14H18N4OS/c1-10-4-6-12(7-5-10)8-15-13(19)11(2)20-14-17-16-9-18(14)3/h4-7,9,11H,8H2,1-3H3,(H,15,19)/t11-/m0/s1. The minimum absolute atomic E-state index is 0.00132. The first-order valence-corrected chi connectivity index (χ1v) is 7.28. The van der Waals surface area contributed by atoms with Crippen LogP contribution in [0.4, 0.5) is 0 Å². The molecule has 0 saturated carbocycles. The zero-order chi connectivity index (χ0) is 14.5. The number of nitrogens with zero attached hydrogens (tertiary/aromatic N) is 3. The van der Waals surface area contributed by atoms with Crippen LogP contribution >= 0.6 is 11.8 Å². The molecule has 0 aliphatic carbocycles. The first kappa shape index (κ1) is 14.6. The summed E-state index contributed by atoms with van der Waals surface area (Å²) in [5.74, 6) is -0.00132. The Morgan fingerprint density at radius 2 is 2.10 bits per heavy atom. The summed E-state index contributed by atoms with van der Waals surface area (Å²) >= 11 is 1.40. The Kier molecular flexibility index (Phi) is 4.79. The molecule has 0 bridgehead atoms. The van der Waals surface area contributed by atoms with Gasteiger partial charge >= 0.3 is 0 Å². The van der Waals surface area contributed by atoms with Crippen LogP contribution in [-0.2, 0) is 18.4 Å². The van der Waals surface area contributed by atoms with Crippen LogP contribution in [0.25, 0.3) is 0 Å². The van der Waals surface area contributed by atoms with Gasteiger partial charge in [-0.05, 0) is 19.4 Å².